The molecule has 0 spiro atoms. The summed E-state index contributed by atoms with van der Waals surface area (Å²) >= 11 is 2.21. The largest absolute Gasteiger partial charge is 0.316 e. The van der Waals surface area contributed by atoms with Crippen LogP contribution in [0.2, 0.25) is 0 Å². The van der Waals surface area contributed by atoms with Gasteiger partial charge in [0.15, 0.2) is 0 Å². The van der Waals surface area contributed by atoms with E-state index in [1.165, 1.54) is 51.6 Å². The molecular weight excluding hydrogens is 190 g/mol. The second kappa shape index (κ2) is 7.58. The fourth-order valence-corrected chi connectivity index (χ4v) is 3.54. The van der Waals surface area contributed by atoms with Crippen LogP contribution in [0.5, 0.6) is 0 Å². The van der Waals surface area contributed by atoms with Crippen LogP contribution < -0.4 is 5.32 Å². The molecule has 1 saturated carbocycles. The Labute approximate surface area is 93.4 Å². The molecule has 0 saturated heterocycles. The Kier molecular flexibility index (Phi) is 6.70. The summed E-state index contributed by atoms with van der Waals surface area (Å²) in [4.78, 5) is 0. The fraction of sp³-hybridized carbons (Fsp3) is 1.00. The topological polar surface area (TPSA) is 12.0 Å². The van der Waals surface area contributed by atoms with Crippen molar-refractivity contribution in [2.75, 3.05) is 13.1 Å². The monoisotopic (exact) mass is 215 g/mol. The molecule has 1 aliphatic rings. The highest BCUT2D eigenvalue weighted by Gasteiger charge is 2.16. The van der Waals surface area contributed by atoms with Gasteiger partial charge in [-0.1, -0.05) is 33.1 Å². The molecule has 0 bridgehead atoms. The van der Waals surface area contributed by atoms with E-state index in [2.05, 4.69) is 30.9 Å². The summed E-state index contributed by atoms with van der Waals surface area (Å²) in [6.07, 6.45) is 8.57. The SMILES string of the molecule is CCCNCC(C)SC1CCCCC1. The third-order valence-corrected chi connectivity index (χ3v) is 4.32. The van der Waals surface area contributed by atoms with Gasteiger partial charge in [-0.2, -0.15) is 11.8 Å². The number of nitrogens with one attached hydrogen (secondary N) is 1. The third kappa shape index (κ3) is 5.26. The summed E-state index contributed by atoms with van der Waals surface area (Å²) in [5.74, 6) is 0. The van der Waals surface area contributed by atoms with Gasteiger partial charge in [0.25, 0.3) is 0 Å². The second-order valence-electron chi connectivity index (χ2n) is 4.41. The highest BCUT2D eigenvalue weighted by molar-refractivity contribution is 8.00. The fourth-order valence-electron chi connectivity index (χ4n) is 2.06. The van der Waals surface area contributed by atoms with Crippen molar-refractivity contribution in [1.29, 1.82) is 0 Å². The van der Waals surface area contributed by atoms with Crippen LogP contribution in [0.3, 0.4) is 0 Å². The lowest BCUT2D eigenvalue weighted by atomic mass is 10.0. The molecule has 0 aromatic carbocycles. The first-order valence-corrected chi connectivity index (χ1v) is 7.13. The summed E-state index contributed by atoms with van der Waals surface area (Å²) in [6.45, 7) is 6.96. The minimum atomic E-state index is 0.796. The summed E-state index contributed by atoms with van der Waals surface area (Å²) in [5.41, 5.74) is 0. The lowest BCUT2D eigenvalue weighted by molar-refractivity contribution is 0.514. The van der Waals surface area contributed by atoms with Gasteiger partial charge in [0.05, 0.1) is 0 Å². The van der Waals surface area contributed by atoms with Gasteiger partial charge in [-0.05, 0) is 25.8 Å². The Hall–Kier alpha value is 0.310. The predicted octanol–water partition coefficient (Wildman–Crippen LogP) is 3.44. The van der Waals surface area contributed by atoms with Gasteiger partial charge in [0.1, 0.15) is 0 Å². The molecule has 1 rings (SSSR count). The summed E-state index contributed by atoms with van der Waals surface area (Å²) in [6, 6.07) is 0. The molecule has 0 aliphatic heterocycles. The normalized spacial score (nSPS) is 21.0. The summed E-state index contributed by atoms with van der Waals surface area (Å²) < 4.78 is 0. The number of hydrogen-bond acceptors (Lipinski definition) is 2. The van der Waals surface area contributed by atoms with Gasteiger partial charge in [-0.3, -0.25) is 0 Å². The van der Waals surface area contributed by atoms with Crippen molar-refractivity contribution >= 4 is 11.8 Å². The molecule has 0 heterocycles. The maximum absolute atomic E-state index is 3.50. The van der Waals surface area contributed by atoms with Gasteiger partial charge in [0.2, 0.25) is 0 Å². The van der Waals surface area contributed by atoms with Crippen LogP contribution in [0.25, 0.3) is 0 Å². The van der Waals surface area contributed by atoms with Crippen LogP contribution >= 0.6 is 11.8 Å². The van der Waals surface area contributed by atoms with E-state index in [9.17, 15) is 0 Å². The maximum Gasteiger partial charge on any atom is 0.0146 e. The van der Waals surface area contributed by atoms with E-state index in [1.54, 1.807) is 0 Å². The molecule has 14 heavy (non-hydrogen) atoms. The Morgan fingerprint density at radius 1 is 1.29 bits per heavy atom. The molecule has 1 nitrogen and oxygen atoms in total. The van der Waals surface area contributed by atoms with E-state index in [4.69, 9.17) is 0 Å². The van der Waals surface area contributed by atoms with E-state index in [0.717, 1.165) is 10.5 Å². The summed E-state index contributed by atoms with van der Waals surface area (Å²) in [7, 11) is 0. The Morgan fingerprint density at radius 2 is 2.00 bits per heavy atom. The molecule has 0 amide bonds. The van der Waals surface area contributed by atoms with Crippen LogP contribution in [0, 0.1) is 0 Å². The molecule has 1 unspecified atom stereocenters. The molecule has 1 fully saturated rings. The van der Waals surface area contributed by atoms with E-state index in [0.29, 0.717) is 0 Å². The van der Waals surface area contributed by atoms with E-state index in [-0.39, 0.29) is 0 Å². The van der Waals surface area contributed by atoms with Crippen molar-refractivity contribution in [2.45, 2.75) is 62.9 Å². The molecule has 2 heteroatoms. The Balaban J connectivity index is 2.03. The molecule has 0 radical (unpaired) electrons. The molecule has 84 valence electrons. The number of hydrogen-bond donors (Lipinski definition) is 1. The van der Waals surface area contributed by atoms with Gasteiger partial charge in [-0.25, -0.2) is 0 Å². The lowest BCUT2D eigenvalue weighted by Gasteiger charge is -2.24. The molecule has 1 N–H and O–H groups in total. The molecular formula is C12H25NS. The zero-order valence-corrected chi connectivity index (χ0v) is 10.5. The average molecular weight is 215 g/mol. The van der Waals surface area contributed by atoms with Crippen molar-refractivity contribution in [1.82, 2.24) is 5.32 Å². The van der Waals surface area contributed by atoms with Gasteiger partial charge >= 0.3 is 0 Å². The first kappa shape index (κ1) is 12.4. The molecule has 1 aliphatic carbocycles. The quantitative estimate of drug-likeness (QED) is 0.681. The first-order chi connectivity index (χ1) is 6.83. The van der Waals surface area contributed by atoms with Crippen LogP contribution in [0.4, 0.5) is 0 Å². The zero-order chi connectivity index (χ0) is 10.2. The van der Waals surface area contributed by atoms with E-state index >= 15 is 0 Å². The molecule has 0 aromatic rings. The molecule has 1 atom stereocenters. The number of rotatable bonds is 6. The minimum absolute atomic E-state index is 0.796. The second-order valence-corrected chi connectivity index (χ2v) is 6.15. The van der Waals surface area contributed by atoms with Gasteiger partial charge in [-0.15, -0.1) is 0 Å². The smallest absolute Gasteiger partial charge is 0.0146 e. The lowest BCUT2D eigenvalue weighted by Crippen LogP contribution is -2.25. The summed E-state index contributed by atoms with van der Waals surface area (Å²) in [5, 5.41) is 5.26. The van der Waals surface area contributed by atoms with Crippen LogP contribution in [0.15, 0.2) is 0 Å². The van der Waals surface area contributed by atoms with Crippen LogP contribution in [0.1, 0.15) is 52.4 Å². The Bertz CT molecular complexity index is 132. The Morgan fingerprint density at radius 3 is 2.64 bits per heavy atom. The van der Waals surface area contributed by atoms with Crippen molar-refractivity contribution < 1.29 is 0 Å². The van der Waals surface area contributed by atoms with Crippen molar-refractivity contribution in [2.24, 2.45) is 0 Å². The minimum Gasteiger partial charge on any atom is -0.316 e. The van der Waals surface area contributed by atoms with Gasteiger partial charge in [0, 0.05) is 17.0 Å². The standard InChI is InChI=1S/C12H25NS/c1-3-9-13-10-11(2)14-12-7-5-4-6-8-12/h11-13H,3-10H2,1-2H3. The zero-order valence-electron chi connectivity index (χ0n) is 9.72. The van der Waals surface area contributed by atoms with Crippen LogP contribution in [-0.2, 0) is 0 Å². The number of thioether (sulfide) groups is 1. The average Bonchev–Trinajstić information content (AvgIpc) is 2.20. The highest BCUT2D eigenvalue weighted by atomic mass is 32.2. The van der Waals surface area contributed by atoms with E-state index in [1.807, 2.05) is 0 Å². The van der Waals surface area contributed by atoms with Gasteiger partial charge < -0.3 is 5.32 Å². The predicted molar refractivity (Wildman–Crippen MR) is 67.1 cm³/mol. The van der Waals surface area contributed by atoms with Crippen LogP contribution in [-0.4, -0.2) is 23.6 Å². The first-order valence-electron chi connectivity index (χ1n) is 6.19. The maximum atomic E-state index is 3.50. The van der Waals surface area contributed by atoms with E-state index < -0.39 is 0 Å². The molecule has 0 aromatic heterocycles. The van der Waals surface area contributed by atoms with Crippen molar-refractivity contribution in [3.63, 3.8) is 0 Å². The van der Waals surface area contributed by atoms with Crippen molar-refractivity contribution in [3.8, 4) is 0 Å². The third-order valence-electron chi connectivity index (χ3n) is 2.84. The van der Waals surface area contributed by atoms with Crippen molar-refractivity contribution in [3.05, 3.63) is 0 Å². The highest BCUT2D eigenvalue weighted by Crippen LogP contribution is 2.30.